The number of carbonyl (C=O) groups excluding carboxylic acids is 1. The maximum atomic E-state index is 12.9. The van der Waals surface area contributed by atoms with Crippen LogP contribution in [0.1, 0.15) is 44.2 Å². The van der Waals surface area contributed by atoms with Crippen LogP contribution in [0.3, 0.4) is 0 Å². The third-order valence-electron chi connectivity index (χ3n) is 5.36. The molecule has 2 heterocycles. The van der Waals surface area contributed by atoms with Crippen LogP contribution in [0.4, 0.5) is 13.2 Å². The first-order chi connectivity index (χ1) is 14.8. The van der Waals surface area contributed by atoms with Crippen molar-refractivity contribution in [3.8, 4) is 11.4 Å². The molecule has 0 bridgehead atoms. The number of nitrogens with zero attached hydrogens (tertiary/aromatic N) is 4. The predicted octanol–water partition coefficient (Wildman–Crippen LogP) is 3.78. The summed E-state index contributed by atoms with van der Waals surface area (Å²) in [6.07, 6.45) is -3.24. The average molecular weight is 440 g/mol. The quantitative estimate of drug-likeness (QED) is 0.579. The van der Waals surface area contributed by atoms with E-state index in [4.69, 9.17) is 9.26 Å². The fourth-order valence-corrected chi connectivity index (χ4v) is 3.57. The number of halogens is 3. The van der Waals surface area contributed by atoms with E-state index in [0.717, 1.165) is 51.3 Å². The highest BCUT2D eigenvalue weighted by Gasteiger charge is 2.31. The molecule has 3 rings (SSSR count). The molecule has 1 aromatic carbocycles. The van der Waals surface area contributed by atoms with Crippen molar-refractivity contribution in [2.75, 3.05) is 39.3 Å². The largest absolute Gasteiger partial charge is 0.466 e. The molecule has 170 valence electrons. The highest BCUT2D eigenvalue weighted by Crippen LogP contribution is 2.32. The van der Waals surface area contributed by atoms with Gasteiger partial charge in [-0.25, -0.2) is 0 Å². The third kappa shape index (κ3) is 6.27. The van der Waals surface area contributed by atoms with Crippen LogP contribution in [0.5, 0.6) is 0 Å². The first-order valence-corrected chi connectivity index (χ1v) is 10.4. The number of aromatic nitrogens is 2. The van der Waals surface area contributed by atoms with Gasteiger partial charge in [-0.3, -0.25) is 9.69 Å². The van der Waals surface area contributed by atoms with Crippen molar-refractivity contribution in [3.63, 3.8) is 0 Å². The summed E-state index contributed by atoms with van der Waals surface area (Å²) in [4.78, 5) is 20.3. The normalized spacial score (nSPS) is 16.9. The molecule has 1 fully saturated rings. The molecule has 1 aliphatic rings. The van der Waals surface area contributed by atoms with E-state index < -0.39 is 11.7 Å². The van der Waals surface area contributed by atoms with Crippen LogP contribution in [0.2, 0.25) is 0 Å². The molecule has 0 aliphatic carbocycles. The Morgan fingerprint density at radius 1 is 1.26 bits per heavy atom. The molecule has 1 aliphatic heterocycles. The zero-order valence-corrected chi connectivity index (χ0v) is 17.7. The molecule has 1 unspecified atom stereocenters. The molecular weight excluding hydrogens is 413 g/mol. The van der Waals surface area contributed by atoms with E-state index in [1.807, 2.05) is 6.92 Å². The number of alkyl halides is 3. The van der Waals surface area contributed by atoms with Crippen molar-refractivity contribution in [1.29, 1.82) is 0 Å². The van der Waals surface area contributed by atoms with Crippen LogP contribution in [0.15, 0.2) is 28.8 Å². The topological polar surface area (TPSA) is 71.7 Å². The van der Waals surface area contributed by atoms with Crippen molar-refractivity contribution in [2.24, 2.45) is 0 Å². The summed E-state index contributed by atoms with van der Waals surface area (Å²) in [7, 11) is 0. The molecule has 1 atom stereocenters. The molecule has 2 aromatic rings. The fourth-order valence-electron chi connectivity index (χ4n) is 3.57. The van der Waals surface area contributed by atoms with Gasteiger partial charge in [0.2, 0.25) is 11.7 Å². The Balaban J connectivity index is 1.53. The lowest BCUT2D eigenvalue weighted by Gasteiger charge is -2.36. The molecule has 31 heavy (non-hydrogen) atoms. The van der Waals surface area contributed by atoms with E-state index in [0.29, 0.717) is 18.9 Å². The smallest absolute Gasteiger partial charge is 0.416 e. The monoisotopic (exact) mass is 440 g/mol. The molecule has 1 saturated heterocycles. The van der Waals surface area contributed by atoms with Gasteiger partial charge in [-0.2, -0.15) is 18.2 Å². The third-order valence-corrected chi connectivity index (χ3v) is 5.36. The van der Waals surface area contributed by atoms with Gasteiger partial charge < -0.3 is 14.2 Å². The van der Waals surface area contributed by atoms with Crippen molar-refractivity contribution < 1.29 is 27.2 Å². The van der Waals surface area contributed by atoms with E-state index in [1.54, 1.807) is 6.92 Å². The summed E-state index contributed by atoms with van der Waals surface area (Å²) in [6.45, 7) is 8.26. The summed E-state index contributed by atoms with van der Waals surface area (Å²) in [5.41, 5.74) is -0.480. The van der Waals surface area contributed by atoms with Crippen molar-refractivity contribution >= 4 is 5.97 Å². The summed E-state index contributed by atoms with van der Waals surface area (Å²) >= 11 is 0. The molecule has 7 nitrogen and oxygen atoms in total. The van der Waals surface area contributed by atoms with E-state index >= 15 is 0 Å². The van der Waals surface area contributed by atoms with Crippen LogP contribution in [0, 0.1) is 0 Å². The van der Waals surface area contributed by atoms with Gasteiger partial charge in [0.25, 0.3) is 0 Å². The molecule has 0 radical (unpaired) electrons. The van der Waals surface area contributed by atoms with Gasteiger partial charge in [-0.15, -0.1) is 0 Å². The lowest BCUT2D eigenvalue weighted by molar-refractivity contribution is -0.143. The van der Waals surface area contributed by atoms with Crippen LogP contribution in [-0.4, -0.2) is 65.2 Å². The average Bonchev–Trinajstić information content (AvgIpc) is 3.24. The maximum Gasteiger partial charge on any atom is 0.416 e. The maximum absolute atomic E-state index is 12.9. The predicted molar refractivity (Wildman–Crippen MR) is 107 cm³/mol. The van der Waals surface area contributed by atoms with Crippen LogP contribution < -0.4 is 0 Å². The Labute approximate surface area is 179 Å². The van der Waals surface area contributed by atoms with E-state index in [-0.39, 0.29) is 23.4 Å². The minimum absolute atomic E-state index is 0.144. The fraction of sp³-hybridized carbons (Fsp3) is 0.571. The first kappa shape index (κ1) is 23.2. The molecule has 10 heteroatoms. The Kier molecular flexibility index (Phi) is 7.66. The zero-order valence-electron chi connectivity index (χ0n) is 17.7. The second kappa shape index (κ2) is 10.2. The second-order valence-corrected chi connectivity index (χ2v) is 7.50. The first-order valence-electron chi connectivity index (χ1n) is 10.4. The molecule has 0 amide bonds. The minimum atomic E-state index is -4.42. The minimum Gasteiger partial charge on any atom is -0.466 e. The lowest BCUT2D eigenvalue weighted by Crippen LogP contribution is -2.47. The van der Waals surface area contributed by atoms with E-state index in [1.165, 1.54) is 12.1 Å². The van der Waals surface area contributed by atoms with Gasteiger partial charge >= 0.3 is 12.1 Å². The lowest BCUT2D eigenvalue weighted by atomic mass is 10.1. The highest BCUT2D eigenvalue weighted by molar-refractivity contribution is 5.69. The van der Waals surface area contributed by atoms with E-state index in [2.05, 4.69) is 19.9 Å². The molecule has 0 spiro atoms. The highest BCUT2D eigenvalue weighted by atomic mass is 19.4. The van der Waals surface area contributed by atoms with Gasteiger partial charge in [0.05, 0.1) is 18.2 Å². The molecule has 0 N–H and O–H groups in total. The van der Waals surface area contributed by atoms with Gasteiger partial charge in [0.1, 0.15) is 0 Å². The number of rotatable bonds is 8. The van der Waals surface area contributed by atoms with Gasteiger partial charge in [0.15, 0.2) is 0 Å². The van der Waals surface area contributed by atoms with Crippen LogP contribution in [0.25, 0.3) is 11.4 Å². The number of ether oxygens (including phenoxy) is 1. The van der Waals surface area contributed by atoms with Crippen molar-refractivity contribution in [3.05, 3.63) is 35.7 Å². The SMILES string of the molecule is CCOC(=O)CCCN1CCN(C(C)c2nc(-c3cccc(C(F)(F)F)c3)no2)CC1. The summed E-state index contributed by atoms with van der Waals surface area (Å²) in [5.74, 6) is 0.358. The zero-order chi connectivity index (χ0) is 22.4. The number of carbonyl (C=O) groups is 1. The van der Waals surface area contributed by atoms with Gasteiger partial charge in [0, 0.05) is 38.2 Å². The summed E-state index contributed by atoms with van der Waals surface area (Å²) < 4.78 is 49.1. The van der Waals surface area contributed by atoms with Crippen LogP contribution >= 0.6 is 0 Å². The number of benzene rings is 1. The Hall–Kier alpha value is -2.46. The van der Waals surface area contributed by atoms with Gasteiger partial charge in [-0.1, -0.05) is 17.3 Å². The summed E-state index contributed by atoms with van der Waals surface area (Å²) in [5, 5.41) is 3.88. The van der Waals surface area contributed by atoms with E-state index in [9.17, 15) is 18.0 Å². The Morgan fingerprint density at radius 2 is 2.00 bits per heavy atom. The van der Waals surface area contributed by atoms with Gasteiger partial charge in [-0.05, 0) is 38.9 Å². The second-order valence-electron chi connectivity index (χ2n) is 7.50. The molecular formula is C21H27F3N4O3. The number of hydrogen-bond acceptors (Lipinski definition) is 7. The number of esters is 1. The number of piperazine rings is 1. The molecule has 0 saturated carbocycles. The van der Waals surface area contributed by atoms with Crippen LogP contribution in [-0.2, 0) is 15.7 Å². The summed E-state index contributed by atoms with van der Waals surface area (Å²) in [6, 6.07) is 4.75. The molecule has 1 aromatic heterocycles. The van der Waals surface area contributed by atoms with Crippen molar-refractivity contribution in [1.82, 2.24) is 19.9 Å². The Morgan fingerprint density at radius 3 is 2.68 bits per heavy atom. The standard InChI is InChI=1S/C21H27F3N4O3/c1-3-30-18(29)8-5-9-27-10-12-28(13-11-27)15(2)20-25-19(26-31-20)16-6-4-7-17(14-16)21(22,23)24/h4,6-7,14-15H,3,5,8-13H2,1-2H3. The Bertz CT molecular complexity index is 864. The number of hydrogen-bond donors (Lipinski definition) is 0. The van der Waals surface area contributed by atoms with Crippen molar-refractivity contribution in [2.45, 2.75) is 38.9 Å².